The van der Waals surface area contributed by atoms with Crippen molar-refractivity contribution in [2.45, 2.75) is 11.3 Å². The first-order valence-electron chi connectivity index (χ1n) is 8.45. The average molecular weight is 396 g/mol. The van der Waals surface area contributed by atoms with Gasteiger partial charge in [0.25, 0.3) is 0 Å². The van der Waals surface area contributed by atoms with Crippen LogP contribution in [-0.4, -0.2) is 17.4 Å². The third-order valence-electron chi connectivity index (χ3n) is 3.88. The van der Waals surface area contributed by atoms with Gasteiger partial charge in [-0.1, -0.05) is 41.9 Å². The first kappa shape index (κ1) is 19.2. The summed E-state index contributed by atoms with van der Waals surface area (Å²) in [4.78, 5) is 25.3. The standard InChI is InChI=1S/C22H18ClNO2S/c23-18-8-6-17(7-9-18)21(25)15-27-20-12-10-19(11-13-20)24-22(26)14-16-4-2-1-3-5-16/h1-13H,14-15H2,(H,24,26). The molecule has 0 radical (unpaired) electrons. The van der Waals surface area contributed by atoms with Crippen molar-refractivity contribution in [2.24, 2.45) is 0 Å². The molecular formula is C22H18ClNO2S. The Morgan fingerprint density at radius 3 is 2.19 bits per heavy atom. The molecule has 0 aromatic heterocycles. The molecular weight excluding hydrogens is 378 g/mol. The number of carbonyl (C=O) groups excluding carboxylic acids is 2. The summed E-state index contributed by atoms with van der Waals surface area (Å²) in [6.07, 6.45) is 0.340. The quantitative estimate of drug-likeness (QED) is 0.424. The van der Waals surface area contributed by atoms with Crippen LogP contribution in [0.1, 0.15) is 15.9 Å². The largest absolute Gasteiger partial charge is 0.326 e. The number of ketones is 1. The van der Waals surface area contributed by atoms with Crippen molar-refractivity contribution in [3.05, 3.63) is 95.0 Å². The predicted octanol–water partition coefficient (Wildman–Crippen LogP) is 5.50. The molecule has 1 amide bonds. The number of thioether (sulfide) groups is 1. The van der Waals surface area contributed by atoms with E-state index in [1.54, 1.807) is 24.3 Å². The van der Waals surface area contributed by atoms with Gasteiger partial charge in [0.1, 0.15) is 0 Å². The fraction of sp³-hybridized carbons (Fsp3) is 0.0909. The molecule has 0 aliphatic heterocycles. The maximum atomic E-state index is 12.2. The molecule has 0 aliphatic rings. The van der Waals surface area contributed by atoms with Crippen LogP contribution in [0.25, 0.3) is 0 Å². The molecule has 136 valence electrons. The van der Waals surface area contributed by atoms with Crippen LogP contribution >= 0.6 is 23.4 Å². The summed E-state index contributed by atoms with van der Waals surface area (Å²) in [5.41, 5.74) is 2.36. The van der Waals surface area contributed by atoms with Gasteiger partial charge in [-0.2, -0.15) is 0 Å². The zero-order valence-electron chi connectivity index (χ0n) is 14.5. The van der Waals surface area contributed by atoms with Crippen LogP contribution in [0.4, 0.5) is 5.69 Å². The first-order chi connectivity index (χ1) is 13.1. The molecule has 0 unspecified atom stereocenters. The van der Waals surface area contributed by atoms with Crippen LogP contribution in [-0.2, 0) is 11.2 Å². The van der Waals surface area contributed by atoms with Gasteiger partial charge in [0.05, 0.1) is 12.2 Å². The van der Waals surface area contributed by atoms with Crippen molar-refractivity contribution < 1.29 is 9.59 Å². The minimum atomic E-state index is -0.0560. The lowest BCUT2D eigenvalue weighted by molar-refractivity contribution is -0.115. The normalized spacial score (nSPS) is 10.4. The summed E-state index contributed by atoms with van der Waals surface area (Å²) < 4.78 is 0. The smallest absolute Gasteiger partial charge is 0.228 e. The van der Waals surface area contributed by atoms with Crippen LogP contribution in [0.3, 0.4) is 0 Å². The Kier molecular flexibility index (Phi) is 6.69. The van der Waals surface area contributed by atoms with E-state index in [0.717, 1.165) is 16.1 Å². The zero-order valence-corrected chi connectivity index (χ0v) is 16.1. The van der Waals surface area contributed by atoms with Gasteiger partial charge in [0, 0.05) is 21.2 Å². The van der Waals surface area contributed by atoms with Crippen LogP contribution in [0.15, 0.2) is 83.8 Å². The van der Waals surface area contributed by atoms with Crippen molar-refractivity contribution in [3.8, 4) is 0 Å². The van der Waals surface area contributed by atoms with Crippen molar-refractivity contribution >= 4 is 40.7 Å². The predicted molar refractivity (Wildman–Crippen MR) is 112 cm³/mol. The lowest BCUT2D eigenvalue weighted by Gasteiger charge is -2.07. The van der Waals surface area contributed by atoms with Crippen LogP contribution in [0.2, 0.25) is 5.02 Å². The third kappa shape index (κ3) is 5.98. The average Bonchev–Trinajstić information content (AvgIpc) is 2.68. The number of carbonyl (C=O) groups is 2. The van der Waals surface area contributed by atoms with E-state index in [9.17, 15) is 9.59 Å². The highest BCUT2D eigenvalue weighted by Gasteiger charge is 2.07. The molecule has 0 saturated heterocycles. The molecule has 3 rings (SSSR count). The van der Waals surface area contributed by atoms with Crippen molar-refractivity contribution in [1.29, 1.82) is 0 Å². The Labute approximate surface area is 167 Å². The first-order valence-corrected chi connectivity index (χ1v) is 9.82. The number of hydrogen-bond donors (Lipinski definition) is 1. The third-order valence-corrected chi connectivity index (χ3v) is 5.15. The Bertz CT molecular complexity index is 909. The zero-order chi connectivity index (χ0) is 19.1. The van der Waals surface area contributed by atoms with Gasteiger partial charge in [-0.05, 0) is 54.1 Å². The van der Waals surface area contributed by atoms with E-state index in [-0.39, 0.29) is 11.7 Å². The number of hydrogen-bond acceptors (Lipinski definition) is 3. The topological polar surface area (TPSA) is 46.2 Å². The minimum absolute atomic E-state index is 0.0527. The summed E-state index contributed by atoms with van der Waals surface area (Å²) in [5.74, 6) is 0.345. The monoisotopic (exact) mass is 395 g/mol. The second-order valence-corrected chi connectivity index (χ2v) is 7.44. The van der Waals surface area contributed by atoms with E-state index in [4.69, 9.17) is 11.6 Å². The van der Waals surface area contributed by atoms with E-state index in [1.165, 1.54) is 11.8 Å². The van der Waals surface area contributed by atoms with E-state index >= 15 is 0 Å². The number of anilines is 1. The highest BCUT2D eigenvalue weighted by atomic mass is 35.5. The maximum Gasteiger partial charge on any atom is 0.228 e. The van der Waals surface area contributed by atoms with E-state index in [0.29, 0.717) is 22.8 Å². The highest BCUT2D eigenvalue weighted by Crippen LogP contribution is 2.22. The van der Waals surface area contributed by atoms with Crippen molar-refractivity contribution in [2.75, 3.05) is 11.1 Å². The van der Waals surface area contributed by atoms with E-state index < -0.39 is 0 Å². The van der Waals surface area contributed by atoms with Crippen molar-refractivity contribution in [1.82, 2.24) is 0 Å². The van der Waals surface area contributed by atoms with Gasteiger partial charge < -0.3 is 5.32 Å². The molecule has 0 saturated carbocycles. The lowest BCUT2D eigenvalue weighted by atomic mass is 10.1. The van der Waals surface area contributed by atoms with E-state index in [1.807, 2.05) is 54.6 Å². The Balaban J connectivity index is 1.50. The van der Waals surface area contributed by atoms with Gasteiger partial charge >= 0.3 is 0 Å². The molecule has 0 spiro atoms. The van der Waals surface area contributed by atoms with E-state index in [2.05, 4.69) is 5.32 Å². The summed E-state index contributed by atoms with van der Waals surface area (Å²) in [7, 11) is 0. The molecule has 3 nitrogen and oxygen atoms in total. The molecule has 0 atom stereocenters. The molecule has 0 heterocycles. The van der Waals surface area contributed by atoms with Crippen molar-refractivity contribution in [3.63, 3.8) is 0 Å². The number of amides is 1. The fourth-order valence-corrected chi connectivity index (χ4v) is 3.41. The number of benzene rings is 3. The minimum Gasteiger partial charge on any atom is -0.326 e. The summed E-state index contributed by atoms with van der Waals surface area (Å²) in [5, 5.41) is 3.50. The lowest BCUT2D eigenvalue weighted by Crippen LogP contribution is -2.14. The number of nitrogens with one attached hydrogen (secondary N) is 1. The Morgan fingerprint density at radius 1 is 0.852 bits per heavy atom. The molecule has 1 N–H and O–H groups in total. The highest BCUT2D eigenvalue weighted by molar-refractivity contribution is 8.00. The Hall–Kier alpha value is -2.56. The second-order valence-electron chi connectivity index (χ2n) is 5.95. The molecule has 3 aromatic rings. The fourth-order valence-electron chi connectivity index (χ4n) is 2.49. The molecule has 0 bridgehead atoms. The number of halogens is 1. The van der Waals surface area contributed by atoms with Gasteiger partial charge in [-0.15, -0.1) is 11.8 Å². The Morgan fingerprint density at radius 2 is 1.52 bits per heavy atom. The SMILES string of the molecule is O=C(Cc1ccccc1)Nc1ccc(SCC(=O)c2ccc(Cl)cc2)cc1. The van der Waals surface area contributed by atoms with Crippen LogP contribution < -0.4 is 5.32 Å². The molecule has 0 aliphatic carbocycles. The van der Waals surface area contributed by atoms with Gasteiger partial charge in [0.2, 0.25) is 5.91 Å². The summed E-state index contributed by atoms with van der Waals surface area (Å²) in [6, 6.07) is 24.0. The molecule has 27 heavy (non-hydrogen) atoms. The van der Waals surface area contributed by atoms with Crippen LogP contribution in [0, 0.1) is 0 Å². The molecule has 5 heteroatoms. The summed E-state index contributed by atoms with van der Waals surface area (Å²) in [6.45, 7) is 0. The summed E-state index contributed by atoms with van der Waals surface area (Å²) >= 11 is 7.30. The number of Topliss-reactive ketones (excluding diaryl/α,β-unsaturated/α-hetero) is 1. The van der Waals surface area contributed by atoms with Gasteiger partial charge in [-0.3, -0.25) is 9.59 Å². The second kappa shape index (κ2) is 9.40. The molecule has 0 fully saturated rings. The number of rotatable bonds is 7. The van der Waals surface area contributed by atoms with Gasteiger partial charge in [0.15, 0.2) is 5.78 Å². The van der Waals surface area contributed by atoms with Crippen LogP contribution in [0.5, 0.6) is 0 Å². The molecule has 3 aromatic carbocycles. The van der Waals surface area contributed by atoms with Gasteiger partial charge in [-0.25, -0.2) is 0 Å². The maximum absolute atomic E-state index is 12.2.